The van der Waals surface area contributed by atoms with Gasteiger partial charge in [0.25, 0.3) is 0 Å². The maximum atomic E-state index is 15.1. The number of dihydropyridines is 1. The van der Waals surface area contributed by atoms with Crippen LogP contribution in [0.3, 0.4) is 0 Å². The summed E-state index contributed by atoms with van der Waals surface area (Å²) < 4.78 is 27.5. The smallest absolute Gasteiger partial charge is 0.167 e. The number of fused-ring (bicyclic) bond motifs is 1. The van der Waals surface area contributed by atoms with E-state index in [2.05, 4.69) is 41.6 Å². The molecule has 2 aromatic carbocycles. The van der Waals surface area contributed by atoms with Crippen molar-refractivity contribution in [1.29, 1.82) is 0 Å². The summed E-state index contributed by atoms with van der Waals surface area (Å²) in [5.74, 6) is 1.85. The Morgan fingerprint density at radius 2 is 2.02 bits per heavy atom. The molecular weight excluding hydrogens is 525 g/mol. The quantitative estimate of drug-likeness (QED) is 0.267. The van der Waals surface area contributed by atoms with Crippen LogP contribution in [0.15, 0.2) is 102 Å². The Hall–Kier alpha value is -3.48. The molecule has 1 unspecified atom stereocenters. The van der Waals surface area contributed by atoms with Crippen molar-refractivity contribution in [3.8, 4) is 5.75 Å². The Bertz CT molecular complexity index is 1360. The first kappa shape index (κ1) is 28.1. The predicted octanol–water partition coefficient (Wildman–Crippen LogP) is 7.41. The molecule has 0 amide bonds. The maximum Gasteiger partial charge on any atom is 0.167 e. The number of nitrogens with one attached hydrogen (secondary N) is 3. The Balaban J connectivity index is 1.22. The molecule has 1 saturated heterocycles. The van der Waals surface area contributed by atoms with E-state index in [1.807, 2.05) is 36.5 Å². The molecule has 0 radical (unpaired) electrons. The van der Waals surface area contributed by atoms with Gasteiger partial charge in [0, 0.05) is 34.2 Å². The molecule has 3 aliphatic rings. The summed E-state index contributed by atoms with van der Waals surface area (Å²) in [4.78, 5) is 0. The van der Waals surface area contributed by atoms with E-state index in [-0.39, 0.29) is 11.8 Å². The van der Waals surface area contributed by atoms with E-state index in [0.717, 1.165) is 73.5 Å². The Morgan fingerprint density at radius 1 is 1.18 bits per heavy atom. The molecule has 1 atom stereocenters. The minimum absolute atomic E-state index is 0.0925. The number of aryl methyl sites for hydroxylation is 1. The zero-order valence-electron chi connectivity index (χ0n) is 22.9. The van der Waals surface area contributed by atoms with Gasteiger partial charge in [-0.1, -0.05) is 37.2 Å². The SMILES string of the molecule is C=C(CCc1cccc(Cl)c1)Nc1ccc(OC2=C3C=C(CC)C(OCC4CCNCC4)=CC3NC=C2)c(F)c1. The predicted molar refractivity (Wildman–Crippen MR) is 161 cm³/mol. The van der Waals surface area contributed by atoms with Gasteiger partial charge < -0.3 is 25.4 Å². The summed E-state index contributed by atoms with van der Waals surface area (Å²) in [5.41, 5.74) is 4.64. The lowest BCUT2D eigenvalue weighted by Crippen LogP contribution is -2.32. The van der Waals surface area contributed by atoms with Gasteiger partial charge in [0.2, 0.25) is 0 Å². The summed E-state index contributed by atoms with van der Waals surface area (Å²) in [6.07, 6.45) is 12.5. The highest BCUT2D eigenvalue weighted by Crippen LogP contribution is 2.33. The van der Waals surface area contributed by atoms with Crippen molar-refractivity contribution in [2.45, 2.75) is 45.1 Å². The first-order chi connectivity index (χ1) is 19.5. The number of benzene rings is 2. The molecule has 2 heterocycles. The molecule has 210 valence electrons. The zero-order valence-corrected chi connectivity index (χ0v) is 23.7. The molecule has 5 rings (SSSR count). The van der Waals surface area contributed by atoms with E-state index in [0.29, 0.717) is 28.8 Å². The second-order valence-corrected chi connectivity index (χ2v) is 10.9. The first-order valence-corrected chi connectivity index (χ1v) is 14.5. The van der Waals surface area contributed by atoms with Crippen LogP contribution in [0.2, 0.25) is 5.02 Å². The van der Waals surface area contributed by atoms with Crippen LogP contribution in [-0.2, 0) is 11.2 Å². The molecule has 1 fully saturated rings. The van der Waals surface area contributed by atoms with Gasteiger partial charge in [-0.3, -0.25) is 0 Å². The molecular formula is C33H37ClFN3O2. The van der Waals surface area contributed by atoms with Crippen molar-refractivity contribution in [3.05, 3.63) is 118 Å². The van der Waals surface area contributed by atoms with Crippen LogP contribution in [-0.4, -0.2) is 25.7 Å². The molecule has 0 aromatic heterocycles. The van der Waals surface area contributed by atoms with E-state index in [1.54, 1.807) is 12.1 Å². The lowest BCUT2D eigenvalue weighted by Gasteiger charge is -2.30. The van der Waals surface area contributed by atoms with E-state index in [1.165, 1.54) is 6.07 Å². The maximum absolute atomic E-state index is 15.1. The standard InChI is InChI=1S/C33H37ClFN3O2/c1-3-25-18-28-30(20-33(25)39-21-24-11-14-36-15-12-24)37-16-13-31(28)40-32-10-9-27(19-29(32)35)38-22(2)7-8-23-5-4-6-26(34)17-23/h4-6,9-10,13,16-20,24,30,36-38H,2-3,7-8,11-12,14-15,21H2,1H3. The van der Waals surface area contributed by atoms with Crippen LogP contribution in [0.4, 0.5) is 10.1 Å². The highest BCUT2D eigenvalue weighted by Gasteiger charge is 2.26. The van der Waals surface area contributed by atoms with Crippen LogP contribution in [0.25, 0.3) is 0 Å². The molecule has 0 spiro atoms. The third-order valence-electron chi connectivity index (χ3n) is 7.49. The summed E-state index contributed by atoms with van der Waals surface area (Å²) >= 11 is 6.07. The molecule has 0 bridgehead atoms. The summed E-state index contributed by atoms with van der Waals surface area (Å²) in [7, 11) is 0. The normalized spacial score (nSPS) is 18.8. The minimum Gasteiger partial charge on any atom is -0.493 e. The van der Waals surface area contributed by atoms with Crippen LogP contribution >= 0.6 is 11.6 Å². The zero-order chi connectivity index (χ0) is 27.9. The summed E-state index contributed by atoms with van der Waals surface area (Å²) in [6.45, 7) is 9.05. The Kier molecular flexibility index (Phi) is 9.30. The molecule has 1 aliphatic carbocycles. The van der Waals surface area contributed by atoms with E-state index in [9.17, 15) is 0 Å². The van der Waals surface area contributed by atoms with Crippen LogP contribution in [0.5, 0.6) is 5.75 Å². The van der Waals surface area contributed by atoms with Gasteiger partial charge in [0.15, 0.2) is 11.6 Å². The molecule has 40 heavy (non-hydrogen) atoms. The summed E-state index contributed by atoms with van der Waals surface area (Å²) in [5, 5.41) is 10.7. The van der Waals surface area contributed by atoms with Crippen molar-refractivity contribution in [1.82, 2.24) is 10.6 Å². The number of rotatable bonds is 11. The number of anilines is 1. The number of allylic oxidation sites excluding steroid dienone is 3. The van der Waals surface area contributed by atoms with Crippen LogP contribution < -0.4 is 20.7 Å². The fourth-order valence-electron chi connectivity index (χ4n) is 5.18. The monoisotopic (exact) mass is 561 g/mol. The highest BCUT2D eigenvalue weighted by molar-refractivity contribution is 6.30. The van der Waals surface area contributed by atoms with Gasteiger partial charge in [0.1, 0.15) is 11.5 Å². The van der Waals surface area contributed by atoms with Crippen molar-refractivity contribution >= 4 is 17.3 Å². The molecule has 5 nitrogen and oxygen atoms in total. The lowest BCUT2D eigenvalue weighted by atomic mass is 9.92. The Morgan fingerprint density at radius 3 is 2.80 bits per heavy atom. The van der Waals surface area contributed by atoms with Crippen molar-refractivity contribution < 1.29 is 13.9 Å². The molecule has 2 aliphatic heterocycles. The van der Waals surface area contributed by atoms with E-state index < -0.39 is 5.82 Å². The number of ether oxygens (including phenoxy) is 2. The van der Waals surface area contributed by atoms with Gasteiger partial charge in [-0.25, -0.2) is 4.39 Å². The molecule has 7 heteroatoms. The van der Waals surface area contributed by atoms with Gasteiger partial charge in [-0.15, -0.1) is 0 Å². The Labute approximate surface area is 241 Å². The highest BCUT2D eigenvalue weighted by atomic mass is 35.5. The summed E-state index contributed by atoms with van der Waals surface area (Å²) in [6, 6.07) is 12.6. The minimum atomic E-state index is -0.443. The van der Waals surface area contributed by atoms with E-state index >= 15 is 4.39 Å². The number of piperidine rings is 1. The molecule has 3 N–H and O–H groups in total. The van der Waals surface area contributed by atoms with Crippen molar-refractivity contribution in [2.24, 2.45) is 5.92 Å². The third-order valence-corrected chi connectivity index (χ3v) is 7.72. The van der Waals surface area contributed by atoms with Gasteiger partial charge in [-0.05, 0) is 105 Å². The second kappa shape index (κ2) is 13.2. The lowest BCUT2D eigenvalue weighted by molar-refractivity contribution is 0.149. The van der Waals surface area contributed by atoms with E-state index in [4.69, 9.17) is 21.1 Å². The second-order valence-electron chi connectivity index (χ2n) is 10.5. The number of hydrogen-bond acceptors (Lipinski definition) is 5. The molecule has 2 aromatic rings. The third kappa shape index (κ3) is 7.18. The van der Waals surface area contributed by atoms with Gasteiger partial charge in [0.05, 0.1) is 12.6 Å². The number of halogens is 2. The first-order valence-electron chi connectivity index (χ1n) is 14.1. The fraction of sp³-hybridized carbons (Fsp3) is 0.333. The fourth-order valence-corrected chi connectivity index (χ4v) is 5.40. The number of hydrogen-bond donors (Lipinski definition) is 3. The van der Waals surface area contributed by atoms with Crippen LogP contribution in [0.1, 0.15) is 38.2 Å². The van der Waals surface area contributed by atoms with Crippen LogP contribution in [0, 0.1) is 11.7 Å². The van der Waals surface area contributed by atoms with Crippen molar-refractivity contribution in [2.75, 3.05) is 25.0 Å². The topological polar surface area (TPSA) is 54.5 Å². The average molecular weight is 562 g/mol. The van der Waals surface area contributed by atoms with Gasteiger partial charge in [-0.2, -0.15) is 0 Å². The largest absolute Gasteiger partial charge is 0.493 e. The average Bonchev–Trinajstić information content (AvgIpc) is 2.96. The van der Waals surface area contributed by atoms with Gasteiger partial charge >= 0.3 is 0 Å². The molecule has 0 saturated carbocycles. The van der Waals surface area contributed by atoms with Crippen molar-refractivity contribution in [3.63, 3.8) is 0 Å².